The molecule has 188 valence electrons. The first-order chi connectivity index (χ1) is 17.0. The lowest BCUT2D eigenvalue weighted by atomic mass is 9.83. The molecule has 0 saturated heterocycles. The Balaban J connectivity index is 1.84. The maximum atomic E-state index is 15.5. The van der Waals surface area contributed by atoms with Crippen LogP contribution in [0.3, 0.4) is 0 Å². The molecule has 0 N–H and O–H groups in total. The largest absolute Gasteiger partial charge is 0.309 e. The number of rotatable bonds is 6. The molecule has 1 aromatic heterocycles. The number of alkyl halides is 1. The molecule has 0 fully saturated rings. The molecule has 1 aliphatic rings. The molecule has 2 aromatic carbocycles. The lowest BCUT2D eigenvalue weighted by Crippen LogP contribution is -2.48. The van der Waals surface area contributed by atoms with Crippen molar-refractivity contribution in [3.8, 4) is 10.4 Å². The summed E-state index contributed by atoms with van der Waals surface area (Å²) in [6.07, 6.45) is 4.38. The summed E-state index contributed by atoms with van der Waals surface area (Å²) in [5, 5.41) is 3.18. The third kappa shape index (κ3) is 5.47. The number of carbonyl (C=O) groups is 1. The summed E-state index contributed by atoms with van der Waals surface area (Å²) in [5.74, 6) is -2.71. The Morgan fingerprint density at radius 3 is 2.53 bits per heavy atom. The normalized spacial score (nSPS) is 18.4. The molecular formula is C27H26F3N3O2S. The fourth-order valence-electron chi connectivity index (χ4n) is 4.73. The first-order valence-electron chi connectivity index (χ1n) is 11.5. The maximum Gasteiger partial charge on any atom is 0.309 e. The number of benzene rings is 2. The molecule has 0 spiro atoms. The first-order valence-corrected chi connectivity index (χ1v) is 12.3. The molecule has 4 rings (SSSR count). The fourth-order valence-corrected chi connectivity index (χ4v) is 5.50. The highest BCUT2D eigenvalue weighted by atomic mass is 32.1. The van der Waals surface area contributed by atoms with E-state index in [1.807, 2.05) is 32.0 Å². The summed E-state index contributed by atoms with van der Waals surface area (Å²) in [4.78, 5) is 28.6. The van der Waals surface area contributed by atoms with Gasteiger partial charge in [0.25, 0.3) is 0 Å². The number of hydrogen-bond acceptors (Lipinski definition) is 5. The second-order valence-electron chi connectivity index (χ2n) is 9.66. The van der Waals surface area contributed by atoms with E-state index < -0.39 is 29.3 Å². The zero-order valence-corrected chi connectivity index (χ0v) is 21.2. The molecule has 0 bridgehead atoms. The molecule has 5 nitrogen and oxygen atoms in total. The zero-order valence-electron chi connectivity index (χ0n) is 20.4. The molecule has 0 aliphatic carbocycles. The highest BCUT2D eigenvalue weighted by Crippen LogP contribution is 2.42. The highest BCUT2D eigenvalue weighted by molar-refractivity contribution is 7.15. The number of thiazole rings is 1. The summed E-state index contributed by atoms with van der Waals surface area (Å²) in [7, 11) is 0. The number of halogens is 3. The molecule has 1 aliphatic heterocycles. The second-order valence-corrected chi connectivity index (χ2v) is 10.9. The van der Waals surface area contributed by atoms with Crippen LogP contribution in [0.5, 0.6) is 0 Å². The van der Waals surface area contributed by atoms with E-state index in [1.165, 1.54) is 13.8 Å². The van der Waals surface area contributed by atoms with E-state index in [0.717, 1.165) is 45.3 Å². The van der Waals surface area contributed by atoms with Crippen LogP contribution < -0.4 is 0 Å². The summed E-state index contributed by atoms with van der Waals surface area (Å²) in [6, 6.07) is 6.93. The van der Waals surface area contributed by atoms with Gasteiger partial charge < -0.3 is 0 Å². The Morgan fingerprint density at radius 2 is 1.94 bits per heavy atom. The van der Waals surface area contributed by atoms with Gasteiger partial charge in [-0.3, -0.25) is 9.69 Å². The number of aromatic nitrogens is 1. The molecule has 36 heavy (non-hydrogen) atoms. The van der Waals surface area contributed by atoms with Gasteiger partial charge in [0, 0.05) is 35.6 Å². The summed E-state index contributed by atoms with van der Waals surface area (Å²) < 4.78 is 45.9. The van der Waals surface area contributed by atoms with Crippen molar-refractivity contribution in [2.75, 3.05) is 6.54 Å². The van der Waals surface area contributed by atoms with Crippen LogP contribution in [-0.4, -0.2) is 34.0 Å². The number of nitrogens with zero attached hydrogens (tertiary/aromatic N) is 3. The minimum atomic E-state index is -1.60. The molecule has 1 amide bonds. The van der Waals surface area contributed by atoms with Crippen LogP contribution in [0.4, 0.5) is 13.2 Å². The monoisotopic (exact) mass is 513 g/mol. The number of carbonyl (C=O) groups excluding carboxylic acids is 1. The topological polar surface area (TPSA) is 62.6 Å². The van der Waals surface area contributed by atoms with Gasteiger partial charge >= 0.3 is 5.91 Å². The second kappa shape index (κ2) is 10.1. The molecule has 2 atom stereocenters. The Morgan fingerprint density at radius 1 is 1.25 bits per heavy atom. The molecule has 9 heteroatoms. The van der Waals surface area contributed by atoms with Gasteiger partial charge in [-0.15, -0.1) is 16.2 Å². The molecule has 1 unspecified atom stereocenters. The third-order valence-corrected chi connectivity index (χ3v) is 7.16. The van der Waals surface area contributed by atoms with Gasteiger partial charge in [-0.1, -0.05) is 12.1 Å². The number of aryl methyl sites for hydroxylation is 1. The van der Waals surface area contributed by atoms with Crippen molar-refractivity contribution in [2.24, 2.45) is 5.18 Å². The minimum absolute atomic E-state index is 0.0197. The Bertz CT molecular complexity index is 1320. The van der Waals surface area contributed by atoms with Gasteiger partial charge in [0.1, 0.15) is 17.3 Å². The van der Waals surface area contributed by atoms with Crippen LogP contribution in [0.2, 0.25) is 0 Å². The van der Waals surface area contributed by atoms with Gasteiger partial charge in [0.05, 0.1) is 15.9 Å². The van der Waals surface area contributed by atoms with Crippen molar-refractivity contribution in [1.82, 2.24) is 9.88 Å². The van der Waals surface area contributed by atoms with Gasteiger partial charge in [0.2, 0.25) is 0 Å². The van der Waals surface area contributed by atoms with Crippen LogP contribution in [0.15, 0.2) is 47.8 Å². The van der Waals surface area contributed by atoms with Crippen molar-refractivity contribution in [3.63, 3.8) is 0 Å². The van der Waals surface area contributed by atoms with Gasteiger partial charge in [0.15, 0.2) is 0 Å². The Labute approximate surface area is 211 Å². The van der Waals surface area contributed by atoms with E-state index in [1.54, 1.807) is 22.4 Å². The number of amides is 1. The van der Waals surface area contributed by atoms with Crippen LogP contribution >= 0.6 is 11.3 Å². The SMILES string of the molecule is Cc1ncc(-c2ccc3c(c2)CC(C)N(CC(C)(C)F)[C@H]3c2c(F)cc(/C=C/C(=O)N=O)cc2F)s1. The van der Waals surface area contributed by atoms with E-state index in [0.29, 0.717) is 12.0 Å². The first kappa shape index (κ1) is 25.9. The highest BCUT2D eigenvalue weighted by Gasteiger charge is 2.39. The van der Waals surface area contributed by atoms with Crippen LogP contribution in [0.1, 0.15) is 54.1 Å². The van der Waals surface area contributed by atoms with E-state index in [2.05, 4.69) is 10.2 Å². The lowest BCUT2D eigenvalue weighted by Gasteiger charge is -2.44. The average molecular weight is 514 g/mol. The Hall–Kier alpha value is -3.17. The van der Waals surface area contributed by atoms with Crippen molar-refractivity contribution >= 4 is 23.3 Å². The van der Waals surface area contributed by atoms with Crippen LogP contribution in [0.25, 0.3) is 16.5 Å². The zero-order chi connectivity index (χ0) is 26.2. The lowest BCUT2D eigenvalue weighted by molar-refractivity contribution is -0.113. The molecule has 0 radical (unpaired) electrons. The van der Waals surface area contributed by atoms with E-state index in [9.17, 15) is 14.1 Å². The third-order valence-electron chi connectivity index (χ3n) is 6.20. The Kier molecular flexibility index (Phi) is 7.24. The van der Waals surface area contributed by atoms with Crippen molar-refractivity contribution in [3.05, 3.63) is 86.4 Å². The van der Waals surface area contributed by atoms with Crippen molar-refractivity contribution < 1.29 is 18.0 Å². The van der Waals surface area contributed by atoms with Gasteiger partial charge in [-0.2, -0.15) is 0 Å². The van der Waals surface area contributed by atoms with E-state index in [-0.39, 0.29) is 23.7 Å². The fraction of sp³-hybridized carbons (Fsp3) is 0.333. The maximum absolute atomic E-state index is 15.5. The number of nitroso groups, excluding NO2 is 1. The predicted molar refractivity (Wildman–Crippen MR) is 135 cm³/mol. The molecule has 2 heterocycles. The predicted octanol–water partition coefficient (Wildman–Crippen LogP) is 6.79. The van der Waals surface area contributed by atoms with E-state index >= 15 is 8.78 Å². The number of fused-ring (bicyclic) bond motifs is 1. The quantitative estimate of drug-likeness (QED) is 0.269. The molecular weight excluding hydrogens is 487 g/mol. The number of hydrogen-bond donors (Lipinski definition) is 0. The smallest absolute Gasteiger partial charge is 0.286 e. The van der Waals surface area contributed by atoms with Crippen molar-refractivity contribution in [1.29, 1.82) is 0 Å². The van der Waals surface area contributed by atoms with E-state index in [4.69, 9.17) is 0 Å². The molecule has 0 saturated carbocycles. The standard InChI is InChI=1S/C27H26F3N3O2S/c1-15-9-19-12-18(23-13-31-16(2)36-23)6-7-20(19)26(33(15)14-27(3,4)30)25-21(28)10-17(11-22(25)29)5-8-24(34)32-35/h5-8,10-13,15,26H,9,14H2,1-4H3/b8-5+/t15?,26-/m1/s1. The summed E-state index contributed by atoms with van der Waals surface area (Å²) in [5.41, 5.74) is 0.910. The summed E-state index contributed by atoms with van der Waals surface area (Å²) >= 11 is 1.56. The van der Waals surface area contributed by atoms with Crippen LogP contribution in [0, 0.1) is 23.5 Å². The van der Waals surface area contributed by atoms with Crippen LogP contribution in [-0.2, 0) is 11.2 Å². The van der Waals surface area contributed by atoms with Gasteiger partial charge in [-0.05, 0) is 80.6 Å². The summed E-state index contributed by atoms with van der Waals surface area (Å²) in [6.45, 7) is 6.72. The van der Waals surface area contributed by atoms with Crippen molar-refractivity contribution in [2.45, 2.75) is 51.9 Å². The minimum Gasteiger partial charge on any atom is -0.286 e. The van der Waals surface area contributed by atoms with Gasteiger partial charge in [-0.25, -0.2) is 18.2 Å². The molecule has 3 aromatic rings. The average Bonchev–Trinajstić information content (AvgIpc) is 3.24.